The van der Waals surface area contributed by atoms with E-state index in [1.807, 2.05) is 51.2 Å². The summed E-state index contributed by atoms with van der Waals surface area (Å²) in [6, 6.07) is 7.83. The van der Waals surface area contributed by atoms with E-state index in [-0.39, 0.29) is 6.10 Å². The normalized spacial score (nSPS) is 11.0. The lowest BCUT2D eigenvalue weighted by molar-refractivity contribution is 0.241. The fraction of sp³-hybridized carbons (Fsp3) is 0.235. The zero-order valence-electron chi connectivity index (χ0n) is 12.4. The summed E-state index contributed by atoms with van der Waals surface area (Å²) in [5.41, 5.74) is 3.06. The lowest BCUT2D eigenvalue weighted by atomic mass is 9.98. The lowest BCUT2D eigenvalue weighted by Gasteiger charge is -2.16. The summed E-state index contributed by atoms with van der Waals surface area (Å²) in [4.78, 5) is 7.55. The maximum absolute atomic E-state index is 5.88. The SMILES string of the molecule is Cc1c(OC(C)C)ccc(-c2ccco2)c1-c1ncc[nH]1. The summed E-state index contributed by atoms with van der Waals surface area (Å²) in [7, 11) is 0. The Labute approximate surface area is 123 Å². The third-order valence-electron chi connectivity index (χ3n) is 3.30. The van der Waals surface area contributed by atoms with Gasteiger partial charge in [-0.3, -0.25) is 0 Å². The summed E-state index contributed by atoms with van der Waals surface area (Å²) in [5, 5.41) is 0. The van der Waals surface area contributed by atoms with Crippen molar-refractivity contribution in [3.05, 3.63) is 48.5 Å². The molecule has 3 rings (SSSR count). The van der Waals surface area contributed by atoms with Crippen molar-refractivity contribution in [3.63, 3.8) is 0 Å². The topological polar surface area (TPSA) is 51.1 Å². The highest BCUT2D eigenvalue weighted by Crippen LogP contribution is 2.37. The van der Waals surface area contributed by atoms with E-state index in [0.717, 1.165) is 34.0 Å². The Bertz CT molecular complexity index is 714. The van der Waals surface area contributed by atoms with Crippen LogP contribution in [0.4, 0.5) is 0 Å². The summed E-state index contributed by atoms with van der Waals surface area (Å²) in [6.45, 7) is 6.08. The fourth-order valence-corrected chi connectivity index (χ4v) is 2.42. The van der Waals surface area contributed by atoms with Crippen molar-refractivity contribution in [3.8, 4) is 28.5 Å². The average molecular weight is 282 g/mol. The summed E-state index contributed by atoms with van der Waals surface area (Å²) in [6.07, 6.45) is 5.37. The molecule has 0 aliphatic heterocycles. The van der Waals surface area contributed by atoms with Crippen molar-refractivity contribution in [2.45, 2.75) is 26.9 Å². The number of ether oxygens (including phenoxy) is 1. The van der Waals surface area contributed by atoms with Crippen LogP contribution in [0.1, 0.15) is 19.4 Å². The molecule has 0 amide bonds. The van der Waals surface area contributed by atoms with Crippen molar-refractivity contribution in [1.29, 1.82) is 0 Å². The van der Waals surface area contributed by atoms with Gasteiger partial charge in [0.2, 0.25) is 0 Å². The highest BCUT2D eigenvalue weighted by Gasteiger charge is 2.18. The first-order chi connectivity index (χ1) is 10.2. The third-order valence-corrected chi connectivity index (χ3v) is 3.30. The van der Waals surface area contributed by atoms with E-state index in [9.17, 15) is 0 Å². The Hall–Kier alpha value is -2.49. The molecule has 0 aliphatic rings. The van der Waals surface area contributed by atoms with Gasteiger partial charge in [0, 0.05) is 29.1 Å². The second kappa shape index (κ2) is 5.48. The summed E-state index contributed by atoms with van der Waals surface area (Å²) >= 11 is 0. The Kier molecular flexibility index (Phi) is 3.52. The average Bonchev–Trinajstić information content (AvgIpc) is 3.12. The first-order valence-electron chi connectivity index (χ1n) is 7.00. The Morgan fingerprint density at radius 2 is 2.10 bits per heavy atom. The van der Waals surface area contributed by atoms with Crippen LogP contribution in [0.25, 0.3) is 22.7 Å². The van der Waals surface area contributed by atoms with Gasteiger partial charge < -0.3 is 14.1 Å². The van der Waals surface area contributed by atoms with E-state index in [4.69, 9.17) is 9.15 Å². The standard InChI is InChI=1S/C17H18N2O2/c1-11(2)21-14-7-6-13(15-5-4-10-20-15)16(12(14)3)17-18-8-9-19-17/h4-11H,1-3H3,(H,18,19). The van der Waals surface area contributed by atoms with Crippen LogP contribution in [-0.2, 0) is 0 Å². The number of furan rings is 1. The largest absolute Gasteiger partial charge is 0.491 e. The van der Waals surface area contributed by atoms with Gasteiger partial charge in [0.25, 0.3) is 0 Å². The molecule has 108 valence electrons. The minimum absolute atomic E-state index is 0.127. The van der Waals surface area contributed by atoms with Gasteiger partial charge in [0.05, 0.1) is 12.4 Å². The monoisotopic (exact) mass is 282 g/mol. The molecule has 0 bridgehead atoms. The molecule has 3 aromatic rings. The van der Waals surface area contributed by atoms with Crippen LogP contribution in [0.15, 0.2) is 47.3 Å². The van der Waals surface area contributed by atoms with Crippen LogP contribution in [0, 0.1) is 6.92 Å². The van der Waals surface area contributed by atoms with Crippen LogP contribution in [0.2, 0.25) is 0 Å². The maximum Gasteiger partial charge on any atom is 0.138 e. The van der Waals surface area contributed by atoms with Crippen molar-refractivity contribution in [2.75, 3.05) is 0 Å². The molecule has 0 spiro atoms. The van der Waals surface area contributed by atoms with Gasteiger partial charge in [0.1, 0.15) is 17.3 Å². The number of benzene rings is 1. The van der Waals surface area contributed by atoms with Crippen LogP contribution in [0.5, 0.6) is 5.75 Å². The number of nitrogens with one attached hydrogen (secondary N) is 1. The van der Waals surface area contributed by atoms with Crippen LogP contribution >= 0.6 is 0 Å². The second-order valence-corrected chi connectivity index (χ2v) is 5.19. The molecular formula is C17H18N2O2. The maximum atomic E-state index is 5.88. The zero-order chi connectivity index (χ0) is 14.8. The Morgan fingerprint density at radius 1 is 1.24 bits per heavy atom. The van der Waals surface area contributed by atoms with E-state index < -0.39 is 0 Å². The molecule has 21 heavy (non-hydrogen) atoms. The van der Waals surface area contributed by atoms with Gasteiger partial charge >= 0.3 is 0 Å². The molecule has 0 saturated heterocycles. The predicted molar refractivity (Wildman–Crippen MR) is 82.2 cm³/mol. The summed E-state index contributed by atoms with van der Waals surface area (Å²) < 4.78 is 11.4. The minimum atomic E-state index is 0.127. The van der Waals surface area contributed by atoms with Gasteiger partial charge in [-0.15, -0.1) is 0 Å². The van der Waals surface area contributed by atoms with E-state index in [1.54, 1.807) is 12.5 Å². The highest BCUT2D eigenvalue weighted by atomic mass is 16.5. The molecule has 0 aliphatic carbocycles. The fourth-order valence-electron chi connectivity index (χ4n) is 2.42. The molecule has 0 atom stereocenters. The zero-order valence-corrected chi connectivity index (χ0v) is 12.4. The predicted octanol–water partition coefficient (Wildman–Crippen LogP) is 4.43. The van der Waals surface area contributed by atoms with Gasteiger partial charge in [-0.25, -0.2) is 4.98 Å². The summed E-state index contributed by atoms with van der Waals surface area (Å²) in [5.74, 6) is 2.50. The molecule has 0 fully saturated rings. The van der Waals surface area contributed by atoms with Crippen molar-refractivity contribution >= 4 is 0 Å². The molecule has 0 unspecified atom stereocenters. The molecule has 2 aromatic heterocycles. The first kappa shape index (κ1) is 13.5. The highest BCUT2D eigenvalue weighted by molar-refractivity contribution is 5.82. The van der Waals surface area contributed by atoms with E-state index in [2.05, 4.69) is 9.97 Å². The first-order valence-corrected chi connectivity index (χ1v) is 7.00. The quantitative estimate of drug-likeness (QED) is 0.770. The molecular weight excluding hydrogens is 264 g/mol. The number of nitrogens with zero attached hydrogens (tertiary/aromatic N) is 1. The van der Waals surface area contributed by atoms with Gasteiger partial charge in [-0.05, 0) is 45.0 Å². The van der Waals surface area contributed by atoms with Gasteiger partial charge in [-0.1, -0.05) is 0 Å². The number of hydrogen-bond acceptors (Lipinski definition) is 3. The molecule has 2 heterocycles. The molecule has 0 radical (unpaired) electrons. The van der Waals surface area contributed by atoms with Gasteiger partial charge in [0.15, 0.2) is 0 Å². The van der Waals surface area contributed by atoms with Crippen molar-refractivity contribution in [2.24, 2.45) is 0 Å². The van der Waals surface area contributed by atoms with Crippen LogP contribution < -0.4 is 4.74 Å². The molecule has 1 aromatic carbocycles. The number of aromatic nitrogens is 2. The Morgan fingerprint density at radius 3 is 2.71 bits per heavy atom. The lowest BCUT2D eigenvalue weighted by Crippen LogP contribution is -2.07. The number of H-pyrrole nitrogens is 1. The number of imidazole rings is 1. The van der Waals surface area contributed by atoms with Crippen molar-refractivity contribution in [1.82, 2.24) is 9.97 Å². The molecule has 4 heteroatoms. The molecule has 4 nitrogen and oxygen atoms in total. The second-order valence-electron chi connectivity index (χ2n) is 5.19. The van der Waals surface area contributed by atoms with Crippen molar-refractivity contribution < 1.29 is 9.15 Å². The molecule has 1 N–H and O–H groups in total. The van der Waals surface area contributed by atoms with Crippen LogP contribution in [0.3, 0.4) is 0 Å². The van der Waals surface area contributed by atoms with E-state index in [1.165, 1.54) is 0 Å². The van der Waals surface area contributed by atoms with E-state index >= 15 is 0 Å². The Balaban J connectivity index is 2.20. The molecule has 0 saturated carbocycles. The number of rotatable bonds is 4. The number of aromatic amines is 1. The van der Waals surface area contributed by atoms with Gasteiger partial charge in [-0.2, -0.15) is 0 Å². The smallest absolute Gasteiger partial charge is 0.138 e. The minimum Gasteiger partial charge on any atom is -0.491 e. The van der Waals surface area contributed by atoms with Crippen LogP contribution in [-0.4, -0.2) is 16.1 Å². The number of hydrogen-bond donors (Lipinski definition) is 1. The third kappa shape index (κ3) is 2.57. The van der Waals surface area contributed by atoms with E-state index in [0.29, 0.717) is 0 Å².